The summed E-state index contributed by atoms with van der Waals surface area (Å²) in [6.45, 7) is 3.79. The molecule has 0 spiro atoms. The predicted molar refractivity (Wildman–Crippen MR) is 115 cm³/mol. The summed E-state index contributed by atoms with van der Waals surface area (Å²) in [6.07, 6.45) is 0. The van der Waals surface area contributed by atoms with Crippen LogP contribution in [0.2, 0.25) is 0 Å². The summed E-state index contributed by atoms with van der Waals surface area (Å²) in [5, 5.41) is 6.61. The Labute approximate surface area is 172 Å². The molecule has 0 amide bonds. The van der Waals surface area contributed by atoms with Crippen LogP contribution in [0.15, 0.2) is 47.5 Å². The zero-order valence-corrected chi connectivity index (χ0v) is 17.8. The molecule has 0 aliphatic heterocycles. The molecule has 0 heterocycles. The van der Waals surface area contributed by atoms with Gasteiger partial charge < -0.3 is 25.0 Å². The number of hydrogen-bond donors (Lipinski definition) is 2. The van der Waals surface area contributed by atoms with Gasteiger partial charge in [-0.1, -0.05) is 12.1 Å². The average molecular weight is 403 g/mol. The Bertz CT molecular complexity index is 811. The molecule has 2 rings (SSSR count). The lowest BCUT2D eigenvalue weighted by atomic mass is 10.1. The summed E-state index contributed by atoms with van der Waals surface area (Å²) in [4.78, 5) is 6.72. The Kier molecular flexibility index (Phi) is 8.73. The number of guanidine groups is 1. The van der Waals surface area contributed by atoms with Crippen LogP contribution in [0.3, 0.4) is 0 Å². The maximum Gasteiger partial charge on any atom is 0.191 e. The lowest BCUT2D eigenvalue weighted by Crippen LogP contribution is -2.41. The lowest BCUT2D eigenvalue weighted by molar-refractivity contribution is 0.297. The van der Waals surface area contributed by atoms with Gasteiger partial charge in [-0.25, -0.2) is 9.38 Å². The van der Waals surface area contributed by atoms with Gasteiger partial charge in [0.25, 0.3) is 0 Å². The van der Waals surface area contributed by atoms with Crippen LogP contribution in [-0.4, -0.2) is 52.3 Å². The van der Waals surface area contributed by atoms with Crippen LogP contribution in [0.4, 0.5) is 4.39 Å². The molecule has 7 heteroatoms. The molecule has 2 N–H and O–H groups in total. The SMILES string of the molecule is CCNC(=NCc1ccc(OC)cc1OC)NCC(c1cccc(F)c1)N(C)C. The Balaban J connectivity index is 2.12. The van der Waals surface area contributed by atoms with Crippen molar-refractivity contribution >= 4 is 5.96 Å². The fourth-order valence-corrected chi connectivity index (χ4v) is 2.99. The van der Waals surface area contributed by atoms with E-state index in [9.17, 15) is 4.39 Å². The minimum absolute atomic E-state index is 0.00470. The van der Waals surface area contributed by atoms with Crippen molar-refractivity contribution in [1.29, 1.82) is 0 Å². The second kappa shape index (κ2) is 11.3. The van der Waals surface area contributed by atoms with Gasteiger partial charge in [0.05, 0.1) is 26.8 Å². The van der Waals surface area contributed by atoms with E-state index in [0.29, 0.717) is 19.0 Å². The molecule has 6 nitrogen and oxygen atoms in total. The first-order valence-corrected chi connectivity index (χ1v) is 9.63. The molecule has 0 bridgehead atoms. The molecular weight excluding hydrogens is 371 g/mol. The minimum Gasteiger partial charge on any atom is -0.497 e. The van der Waals surface area contributed by atoms with Crippen LogP contribution in [0, 0.1) is 5.82 Å². The van der Waals surface area contributed by atoms with Crippen molar-refractivity contribution in [3.63, 3.8) is 0 Å². The molecule has 2 aromatic carbocycles. The molecule has 0 saturated carbocycles. The highest BCUT2D eigenvalue weighted by Gasteiger charge is 2.15. The molecule has 2 aromatic rings. The first-order valence-electron chi connectivity index (χ1n) is 9.63. The Morgan fingerprint density at radius 3 is 2.52 bits per heavy atom. The van der Waals surface area contributed by atoms with E-state index in [1.807, 2.05) is 45.3 Å². The second-order valence-corrected chi connectivity index (χ2v) is 6.79. The number of aliphatic imine (C=N–C) groups is 1. The van der Waals surface area contributed by atoms with E-state index in [1.165, 1.54) is 6.07 Å². The molecule has 0 saturated heterocycles. The van der Waals surface area contributed by atoms with E-state index in [2.05, 4.69) is 20.5 Å². The fourth-order valence-electron chi connectivity index (χ4n) is 2.99. The number of nitrogens with one attached hydrogen (secondary N) is 2. The monoisotopic (exact) mass is 402 g/mol. The third kappa shape index (κ3) is 6.64. The summed E-state index contributed by atoms with van der Waals surface area (Å²) in [6, 6.07) is 12.4. The molecule has 0 fully saturated rings. The highest BCUT2D eigenvalue weighted by molar-refractivity contribution is 5.79. The average Bonchev–Trinajstić information content (AvgIpc) is 2.71. The molecule has 1 atom stereocenters. The van der Waals surface area contributed by atoms with E-state index in [-0.39, 0.29) is 11.9 Å². The normalized spacial score (nSPS) is 12.6. The number of hydrogen-bond acceptors (Lipinski definition) is 4. The fraction of sp³-hybridized carbons (Fsp3) is 0.409. The van der Waals surface area contributed by atoms with Crippen LogP contribution in [0.1, 0.15) is 24.1 Å². The first-order chi connectivity index (χ1) is 14.0. The number of methoxy groups -OCH3 is 2. The number of nitrogens with zero attached hydrogens (tertiary/aromatic N) is 2. The van der Waals surface area contributed by atoms with Crippen molar-refractivity contribution < 1.29 is 13.9 Å². The van der Waals surface area contributed by atoms with E-state index >= 15 is 0 Å². The van der Waals surface area contributed by atoms with Crippen molar-refractivity contribution in [3.8, 4) is 11.5 Å². The van der Waals surface area contributed by atoms with Gasteiger partial charge in [-0.15, -0.1) is 0 Å². The van der Waals surface area contributed by atoms with Crippen LogP contribution in [0.5, 0.6) is 11.5 Å². The maximum atomic E-state index is 13.6. The summed E-state index contributed by atoms with van der Waals surface area (Å²) >= 11 is 0. The van der Waals surface area contributed by atoms with Gasteiger partial charge in [0.1, 0.15) is 17.3 Å². The lowest BCUT2D eigenvalue weighted by Gasteiger charge is -2.26. The molecule has 0 aliphatic rings. The third-order valence-electron chi connectivity index (χ3n) is 4.57. The Morgan fingerprint density at radius 2 is 1.90 bits per heavy atom. The second-order valence-electron chi connectivity index (χ2n) is 6.79. The van der Waals surface area contributed by atoms with Gasteiger partial charge in [-0.2, -0.15) is 0 Å². The standard InChI is InChI=1S/C22H31FN4O2/c1-6-24-22(25-14-17-10-11-19(28-4)13-21(17)29-5)26-15-20(27(2)3)16-8-7-9-18(23)12-16/h7-13,20H,6,14-15H2,1-5H3,(H2,24,25,26). The molecular formula is C22H31FN4O2. The van der Waals surface area contributed by atoms with E-state index < -0.39 is 0 Å². The molecule has 0 aliphatic carbocycles. The van der Waals surface area contributed by atoms with E-state index in [4.69, 9.17) is 9.47 Å². The van der Waals surface area contributed by atoms with Gasteiger partial charge in [0.15, 0.2) is 5.96 Å². The number of benzene rings is 2. The highest BCUT2D eigenvalue weighted by Crippen LogP contribution is 2.25. The van der Waals surface area contributed by atoms with Crippen LogP contribution >= 0.6 is 0 Å². The summed E-state index contributed by atoms with van der Waals surface area (Å²) in [5.41, 5.74) is 1.87. The molecule has 0 aromatic heterocycles. The zero-order chi connectivity index (χ0) is 21.2. The Morgan fingerprint density at radius 1 is 1.10 bits per heavy atom. The Hall–Kier alpha value is -2.80. The third-order valence-corrected chi connectivity index (χ3v) is 4.57. The van der Waals surface area contributed by atoms with E-state index in [0.717, 1.165) is 29.2 Å². The van der Waals surface area contributed by atoms with Crippen molar-refractivity contribution in [1.82, 2.24) is 15.5 Å². The van der Waals surface area contributed by atoms with Crippen LogP contribution in [-0.2, 0) is 6.54 Å². The van der Waals surface area contributed by atoms with Gasteiger partial charge in [-0.05, 0) is 50.8 Å². The van der Waals surface area contributed by atoms with Gasteiger partial charge in [-0.3, -0.25) is 0 Å². The maximum absolute atomic E-state index is 13.6. The number of likely N-dealkylation sites (N-methyl/N-ethyl adjacent to an activating group) is 1. The smallest absolute Gasteiger partial charge is 0.191 e. The highest BCUT2D eigenvalue weighted by atomic mass is 19.1. The van der Waals surface area contributed by atoms with Crippen molar-refractivity contribution in [2.75, 3.05) is 41.4 Å². The van der Waals surface area contributed by atoms with Gasteiger partial charge in [0.2, 0.25) is 0 Å². The topological polar surface area (TPSA) is 58.1 Å². The summed E-state index contributed by atoms with van der Waals surface area (Å²) in [5.74, 6) is 1.92. The van der Waals surface area contributed by atoms with Gasteiger partial charge in [0, 0.05) is 24.7 Å². The van der Waals surface area contributed by atoms with Crippen molar-refractivity contribution in [2.45, 2.75) is 19.5 Å². The summed E-state index contributed by atoms with van der Waals surface area (Å²) in [7, 11) is 7.21. The predicted octanol–water partition coefficient (Wildman–Crippen LogP) is 3.20. The van der Waals surface area contributed by atoms with Crippen LogP contribution in [0.25, 0.3) is 0 Å². The van der Waals surface area contributed by atoms with Crippen LogP contribution < -0.4 is 20.1 Å². The van der Waals surface area contributed by atoms with Crippen molar-refractivity contribution in [2.24, 2.45) is 4.99 Å². The molecule has 0 radical (unpaired) electrons. The zero-order valence-electron chi connectivity index (χ0n) is 17.8. The van der Waals surface area contributed by atoms with Gasteiger partial charge >= 0.3 is 0 Å². The quantitative estimate of drug-likeness (QED) is 0.498. The molecule has 29 heavy (non-hydrogen) atoms. The summed E-state index contributed by atoms with van der Waals surface area (Å²) < 4.78 is 24.3. The first kappa shape index (κ1) is 22.5. The molecule has 158 valence electrons. The van der Waals surface area contributed by atoms with E-state index in [1.54, 1.807) is 26.4 Å². The number of rotatable bonds is 9. The number of ether oxygens (including phenoxy) is 2. The largest absolute Gasteiger partial charge is 0.497 e. The van der Waals surface area contributed by atoms with Crippen molar-refractivity contribution in [3.05, 3.63) is 59.4 Å². The minimum atomic E-state index is -0.235. The number of halogens is 1. The molecule has 1 unspecified atom stereocenters.